The van der Waals surface area contributed by atoms with Gasteiger partial charge in [-0.05, 0) is 25.5 Å². The Balaban J connectivity index is 2.23. The fraction of sp³-hybridized carbons (Fsp3) is 0.462. The lowest BCUT2D eigenvalue weighted by molar-refractivity contribution is -0.116. The molecule has 0 aromatic heterocycles. The van der Waals surface area contributed by atoms with Crippen LogP contribution in [0.2, 0.25) is 0 Å². The Morgan fingerprint density at radius 1 is 1.17 bits per heavy atom. The van der Waals surface area contributed by atoms with Gasteiger partial charge in [0.25, 0.3) is 0 Å². The highest BCUT2D eigenvalue weighted by Crippen LogP contribution is 2.08. The largest absolute Gasteiger partial charge is 0.494 e. The quantitative estimate of drug-likeness (QED) is 0.676. The molecule has 5 heteroatoms. The summed E-state index contributed by atoms with van der Waals surface area (Å²) in [6.07, 6.45) is 0.539. The average molecular weight is 270 g/mol. The number of ketones is 1. The molecule has 0 amide bonds. The van der Waals surface area contributed by atoms with Crippen LogP contribution in [0.15, 0.2) is 30.3 Å². The van der Waals surface area contributed by atoms with Crippen LogP contribution in [-0.4, -0.2) is 32.3 Å². The standard InChI is InChI=1S/C13H18O4S/c1-12(14)8-11-18(15,16)10-5-9-17-13-6-3-2-4-7-13/h2-4,6-7H,5,8-11H2,1H3. The summed E-state index contributed by atoms with van der Waals surface area (Å²) in [5.41, 5.74) is 0. The van der Waals surface area contributed by atoms with E-state index in [1.807, 2.05) is 30.3 Å². The summed E-state index contributed by atoms with van der Waals surface area (Å²) in [6.45, 7) is 1.76. The van der Waals surface area contributed by atoms with Gasteiger partial charge in [0.05, 0.1) is 18.1 Å². The van der Waals surface area contributed by atoms with Gasteiger partial charge in [0.1, 0.15) is 11.5 Å². The topological polar surface area (TPSA) is 60.4 Å². The first-order chi connectivity index (χ1) is 8.49. The number of rotatable bonds is 8. The first-order valence-corrected chi connectivity index (χ1v) is 7.69. The van der Waals surface area contributed by atoms with Crippen LogP contribution >= 0.6 is 0 Å². The third kappa shape index (κ3) is 6.39. The van der Waals surface area contributed by atoms with Gasteiger partial charge in [0.15, 0.2) is 9.84 Å². The molecular weight excluding hydrogens is 252 g/mol. The molecule has 18 heavy (non-hydrogen) atoms. The van der Waals surface area contributed by atoms with Crippen LogP contribution in [0.25, 0.3) is 0 Å². The fourth-order valence-corrected chi connectivity index (χ4v) is 2.75. The zero-order valence-electron chi connectivity index (χ0n) is 10.5. The number of sulfone groups is 1. The van der Waals surface area contributed by atoms with Gasteiger partial charge >= 0.3 is 0 Å². The Bertz CT molecular complexity index is 465. The second-order valence-corrected chi connectivity index (χ2v) is 6.42. The van der Waals surface area contributed by atoms with E-state index in [1.165, 1.54) is 6.92 Å². The molecule has 0 heterocycles. The molecule has 1 aromatic carbocycles. The van der Waals surface area contributed by atoms with Crippen molar-refractivity contribution in [2.75, 3.05) is 18.1 Å². The molecule has 0 N–H and O–H groups in total. The molecule has 4 nitrogen and oxygen atoms in total. The van der Waals surface area contributed by atoms with Crippen molar-refractivity contribution in [1.82, 2.24) is 0 Å². The van der Waals surface area contributed by atoms with Crippen molar-refractivity contribution in [1.29, 1.82) is 0 Å². The number of para-hydroxylation sites is 1. The van der Waals surface area contributed by atoms with Gasteiger partial charge in [0.2, 0.25) is 0 Å². The number of carbonyl (C=O) groups is 1. The molecule has 0 aliphatic carbocycles. The lowest BCUT2D eigenvalue weighted by atomic mass is 10.3. The highest BCUT2D eigenvalue weighted by molar-refractivity contribution is 7.91. The van der Waals surface area contributed by atoms with E-state index in [9.17, 15) is 13.2 Å². The lowest BCUT2D eigenvalue weighted by Crippen LogP contribution is -2.15. The predicted octanol–water partition coefficient (Wildman–Crippen LogP) is 1.85. The van der Waals surface area contributed by atoms with Crippen LogP contribution in [0, 0.1) is 0 Å². The monoisotopic (exact) mass is 270 g/mol. The number of carbonyl (C=O) groups excluding carboxylic acids is 1. The zero-order valence-corrected chi connectivity index (χ0v) is 11.3. The average Bonchev–Trinajstić information content (AvgIpc) is 2.34. The smallest absolute Gasteiger partial charge is 0.150 e. The molecule has 0 spiro atoms. The summed E-state index contributed by atoms with van der Waals surface area (Å²) in [5.74, 6) is 0.638. The maximum absolute atomic E-state index is 11.5. The van der Waals surface area contributed by atoms with E-state index in [0.717, 1.165) is 5.75 Å². The lowest BCUT2D eigenvalue weighted by Gasteiger charge is -2.06. The van der Waals surface area contributed by atoms with Crippen molar-refractivity contribution < 1.29 is 17.9 Å². The minimum absolute atomic E-state index is 0.0618. The maximum Gasteiger partial charge on any atom is 0.150 e. The predicted molar refractivity (Wildman–Crippen MR) is 70.5 cm³/mol. The van der Waals surface area contributed by atoms with Crippen LogP contribution in [0.5, 0.6) is 5.75 Å². The first-order valence-electron chi connectivity index (χ1n) is 5.87. The second kappa shape index (κ2) is 7.16. The Kier molecular flexibility index (Phi) is 5.85. The number of ether oxygens (including phenoxy) is 1. The van der Waals surface area contributed by atoms with Crippen molar-refractivity contribution in [3.63, 3.8) is 0 Å². The zero-order chi connectivity index (χ0) is 13.4. The minimum Gasteiger partial charge on any atom is -0.494 e. The summed E-state index contributed by atoms with van der Waals surface area (Å²) < 4.78 is 28.5. The van der Waals surface area contributed by atoms with Crippen LogP contribution in [0.3, 0.4) is 0 Å². The van der Waals surface area contributed by atoms with Crippen LogP contribution in [-0.2, 0) is 14.6 Å². The first kappa shape index (κ1) is 14.7. The summed E-state index contributed by atoms with van der Waals surface area (Å²) in [5, 5.41) is 0. The van der Waals surface area contributed by atoms with E-state index in [-0.39, 0.29) is 23.7 Å². The SMILES string of the molecule is CC(=O)CCS(=O)(=O)CCCOc1ccccc1. The van der Waals surface area contributed by atoms with E-state index in [0.29, 0.717) is 13.0 Å². The highest BCUT2D eigenvalue weighted by atomic mass is 32.2. The molecule has 0 atom stereocenters. The third-order valence-electron chi connectivity index (χ3n) is 2.38. The molecule has 0 saturated carbocycles. The molecule has 0 saturated heterocycles. The van der Waals surface area contributed by atoms with Crippen molar-refractivity contribution in [3.05, 3.63) is 30.3 Å². The van der Waals surface area contributed by atoms with Gasteiger partial charge in [-0.3, -0.25) is 4.79 Å². The van der Waals surface area contributed by atoms with Crippen molar-refractivity contribution >= 4 is 15.6 Å². The Morgan fingerprint density at radius 2 is 1.83 bits per heavy atom. The highest BCUT2D eigenvalue weighted by Gasteiger charge is 2.11. The molecule has 100 valence electrons. The Labute approximate surface area is 108 Å². The molecule has 0 bridgehead atoms. The molecule has 0 fully saturated rings. The van der Waals surface area contributed by atoms with E-state index in [4.69, 9.17) is 4.74 Å². The molecular formula is C13H18O4S. The fourth-order valence-electron chi connectivity index (χ4n) is 1.39. The van der Waals surface area contributed by atoms with Crippen molar-refractivity contribution in [2.45, 2.75) is 19.8 Å². The van der Waals surface area contributed by atoms with Gasteiger partial charge in [-0.1, -0.05) is 18.2 Å². The van der Waals surface area contributed by atoms with E-state index in [2.05, 4.69) is 0 Å². The molecule has 0 aliphatic heterocycles. The molecule has 0 unspecified atom stereocenters. The molecule has 0 radical (unpaired) electrons. The van der Waals surface area contributed by atoms with E-state index >= 15 is 0 Å². The van der Waals surface area contributed by atoms with Gasteiger partial charge < -0.3 is 4.74 Å². The third-order valence-corrected chi connectivity index (χ3v) is 4.11. The van der Waals surface area contributed by atoms with Crippen molar-refractivity contribution in [2.24, 2.45) is 0 Å². The number of hydrogen-bond donors (Lipinski definition) is 0. The van der Waals surface area contributed by atoms with E-state index in [1.54, 1.807) is 0 Å². The van der Waals surface area contributed by atoms with Gasteiger partial charge in [-0.2, -0.15) is 0 Å². The number of benzene rings is 1. The van der Waals surface area contributed by atoms with Gasteiger partial charge in [-0.15, -0.1) is 0 Å². The molecule has 1 aromatic rings. The summed E-state index contributed by atoms with van der Waals surface area (Å²) >= 11 is 0. The van der Waals surface area contributed by atoms with Crippen LogP contribution in [0.4, 0.5) is 0 Å². The summed E-state index contributed by atoms with van der Waals surface area (Å²) in [7, 11) is -3.13. The summed E-state index contributed by atoms with van der Waals surface area (Å²) in [4.78, 5) is 10.7. The van der Waals surface area contributed by atoms with Gasteiger partial charge in [-0.25, -0.2) is 8.42 Å². The normalized spacial score (nSPS) is 11.2. The van der Waals surface area contributed by atoms with E-state index < -0.39 is 9.84 Å². The molecule has 1 rings (SSSR count). The Morgan fingerprint density at radius 3 is 2.44 bits per heavy atom. The van der Waals surface area contributed by atoms with Crippen LogP contribution < -0.4 is 4.74 Å². The molecule has 0 aliphatic rings. The Hall–Kier alpha value is -1.36. The number of hydrogen-bond acceptors (Lipinski definition) is 4. The number of Topliss-reactive ketones (excluding diaryl/α,β-unsaturated/α-hetero) is 1. The second-order valence-electron chi connectivity index (χ2n) is 4.12. The maximum atomic E-state index is 11.5. The minimum atomic E-state index is -3.13. The van der Waals surface area contributed by atoms with Gasteiger partial charge in [0, 0.05) is 6.42 Å². The van der Waals surface area contributed by atoms with Crippen LogP contribution in [0.1, 0.15) is 19.8 Å². The van der Waals surface area contributed by atoms with Crippen molar-refractivity contribution in [3.8, 4) is 5.75 Å². The summed E-state index contributed by atoms with van der Waals surface area (Å²) in [6, 6.07) is 9.26.